The van der Waals surface area contributed by atoms with Crippen LogP contribution in [0.15, 0.2) is 41.1 Å². The number of aliphatic hydroxyl groups excluding tert-OH is 1. The van der Waals surface area contributed by atoms with E-state index in [0.717, 1.165) is 15.6 Å². The maximum Gasteiger partial charge on any atom is 0.175 e. The predicted octanol–water partition coefficient (Wildman–Crippen LogP) is 3.31. The lowest BCUT2D eigenvalue weighted by molar-refractivity contribution is 0.262. The van der Waals surface area contributed by atoms with E-state index < -0.39 is 0 Å². The molecule has 20 heavy (non-hydrogen) atoms. The van der Waals surface area contributed by atoms with Crippen LogP contribution in [0.1, 0.15) is 18.1 Å². The molecule has 2 rings (SSSR count). The summed E-state index contributed by atoms with van der Waals surface area (Å²) in [5, 5.41) is 9.23. The lowest BCUT2D eigenvalue weighted by Crippen LogP contribution is -2.01. The summed E-state index contributed by atoms with van der Waals surface area (Å²) in [6.07, 6.45) is 3.46. The van der Waals surface area contributed by atoms with Crippen LogP contribution < -0.4 is 9.47 Å². The number of halogens is 1. The molecular formula is C15H16BrNO3. The average Bonchev–Trinajstić information content (AvgIpc) is 2.47. The van der Waals surface area contributed by atoms with Crippen molar-refractivity contribution in [1.82, 2.24) is 4.98 Å². The molecule has 0 atom stereocenters. The van der Waals surface area contributed by atoms with Gasteiger partial charge in [0.2, 0.25) is 0 Å². The van der Waals surface area contributed by atoms with Gasteiger partial charge in [-0.3, -0.25) is 4.98 Å². The zero-order chi connectivity index (χ0) is 14.4. The van der Waals surface area contributed by atoms with E-state index in [0.29, 0.717) is 24.7 Å². The van der Waals surface area contributed by atoms with Crippen molar-refractivity contribution >= 4 is 15.9 Å². The third-order valence-electron chi connectivity index (χ3n) is 2.68. The smallest absolute Gasteiger partial charge is 0.175 e. The van der Waals surface area contributed by atoms with Gasteiger partial charge in [-0.2, -0.15) is 0 Å². The van der Waals surface area contributed by atoms with Crippen LogP contribution in [0.3, 0.4) is 0 Å². The fourth-order valence-electron chi connectivity index (χ4n) is 1.75. The number of aliphatic hydroxyl groups is 1. The van der Waals surface area contributed by atoms with Crippen LogP contribution >= 0.6 is 15.9 Å². The van der Waals surface area contributed by atoms with E-state index in [4.69, 9.17) is 9.47 Å². The number of aromatic nitrogens is 1. The Kier molecular flexibility index (Phi) is 5.38. The molecule has 0 saturated heterocycles. The molecule has 0 bridgehead atoms. The van der Waals surface area contributed by atoms with E-state index in [-0.39, 0.29) is 6.61 Å². The van der Waals surface area contributed by atoms with Crippen molar-refractivity contribution in [2.24, 2.45) is 0 Å². The number of ether oxygens (including phenoxy) is 2. The third-order valence-corrected chi connectivity index (χ3v) is 3.27. The van der Waals surface area contributed by atoms with Gasteiger partial charge in [-0.15, -0.1) is 0 Å². The highest BCUT2D eigenvalue weighted by Crippen LogP contribution is 2.37. The molecule has 0 amide bonds. The molecule has 1 N–H and O–H groups in total. The summed E-state index contributed by atoms with van der Waals surface area (Å²) in [6, 6.07) is 7.41. The summed E-state index contributed by atoms with van der Waals surface area (Å²) in [5.74, 6) is 1.26. The van der Waals surface area contributed by atoms with Crippen LogP contribution in [0.4, 0.5) is 0 Å². The van der Waals surface area contributed by atoms with Crippen molar-refractivity contribution < 1.29 is 14.6 Å². The van der Waals surface area contributed by atoms with Gasteiger partial charge in [0.1, 0.15) is 6.61 Å². The normalized spacial score (nSPS) is 10.3. The van der Waals surface area contributed by atoms with Gasteiger partial charge < -0.3 is 14.6 Å². The molecule has 1 aromatic heterocycles. The van der Waals surface area contributed by atoms with E-state index in [9.17, 15) is 5.11 Å². The Morgan fingerprint density at radius 3 is 2.55 bits per heavy atom. The summed E-state index contributed by atoms with van der Waals surface area (Å²) >= 11 is 3.45. The topological polar surface area (TPSA) is 51.6 Å². The number of hydrogen-bond acceptors (Lipinski definition) is 4. The van der Waals surface area contributed by atoms with Crippen molar-refractivity contribution in [2.75, 3.05) is 6.61 Å². The molecule has 0 aliphatic carbocycles. The number of rotatable bonds is 6. The summed E-state index contributed by atoms with van der Waals surface area (Å²) in [5.41, 5.74) is 1.80. The molecule has 106 valence electrons. The fourth-order valence-corrected chi connectivity index (χ4v) is 2.35. The van der Waals surface area contributed by atoms with Gasteiger partial charge in [0.15, 0.2) is 11.5 Å². The largest absolute Gasteiger partial charge is 0.490 e. The molecule has 0 aliphatic rings. The Labute approximate surface area is 126 Å². The lowest BCUT2D eigenvalue weighted by Gasteiger charge is -2.15. The first-order valence-corrected chi connectivity index (χ1v) is 7.11. The van der Waals surface area contributed by atoms with Gasteiger partial charge >= 0.3 is 0 Å². The Bertz CT molecular complexity index is 561. The Balaban J connectivity index is 2.21. The Hall–Kier alpha value is -1.59. The third kappa shape index (κ3) is 3.71. The van der Waals surface area contributed by atoms with Crippen molar-refractivity contribution in [3.8, 4) is 11.5 Å². The van der Waals surface area contributed by atoms with Gasteiger partial charge in [-0.05, 0) is 58.2 Å². The van der Waals surface area contributed by atoms with E-state index in [2.05, 4.69) is 20.9 Å². The molecule has 2 aromatic rings. The molecule has 0 fully saturated rings. The molecule has 5 heteroatoms. The molecular weight excluding hydrogens is 322 g/mol. The molecule has 0 radical (unpaired) electrons. The van der Waals surface area contributed by atoms with Crippen molar-refractivity contribution in [3.63, 3.8) is 0 Å². The minimum atomic E-state index is -0.0384. The van der Waals surface area contributed by atoms with Crippen LogP contribution in [0.5, 0.6) is 11.5 Å². The van der Waals surface area contributed by atoms with Crippen LogP contribution in [0, 0.1) is 0 Å². The van der Waals surface area contributed by atoms with Crippen LogP contribution in [-0.4, -0.2) is 16.7 Å². The van der Waals surface area contributed by atoms with E-state index >= 15 is 0 Å². The minimum Gasteiger partial charge on any atom is -0.490 e. The lowest BCUT2D eigenvalue weighted by atomic mass is 10.2. The first-order chi connectivity index (χ1) is 9.74. The highest BCUT2D eigenvalue weighted by Gasteiger charge is 2.12. The Morgan fingerprint density at radius 2 is 1.90 bits per heavy atom. The second kappa shape index (κ2) is 7.26. The highest BCUT2D eigenvalue weighted by atomic mass is 79.9. The van der Waals surface area contributed by atoms with Crippen LogP contribution in [0.25, 0.3) is 0 Å². The zero-order valence-corrected chi connectivity index (χ0v) is 12.8. The minimum absolute atomic E-state index is 0.0384. The quantitative estimate of drug-likeness (QED) is 0.878. The van der Waals surface area contributed by atoms with Crippen molar-refractivity contribution in [2.45, 2.75) is 20.1 Å². The van der Waals surface area contributed by atoms with Crippen LogP contribution in [-0.2, 0) is 13.2 Å². The fraction of sp³-hybridized carbons (Fsp3) is 0.267. The van der Waals surface area contributed by atoms with Crippen LogP contribution in [0.2, 0.25) is 0 Å². The summed E-state index contributed by atoms with van der Waals surface area (Å²) < 4.78 is 12.2. The highest BCUT2D eigenvalue weighted by molar-refractivity contribution is 9.10. The SMILES string of the molecule is CCOc1cc(CO)cc(Br)c1OCc1ccncc1. The maximum absolute atomic E-state index is 9.23. The number of nitrogens with zero attached hydrogens (tertiary/aromatic N) is 1. The van der Waals surface area contributed by atoms with Gasteiger partial charge in [0, 0.05) is 12.4 Å². The standard InChI is InChI=1S/C15H16BrNO3/c1-2-19-14-8-12(9-18)7-13(16)15(14)20-10-11-3-5-17-6-4-11/h3-8,18H,2,9-10H2,1H3. The molecule has 0 spiro atoms. The van der Waals surface area contributed by atoms with Crippen molar-refractivity contribution in [3.05, 3.63) is 52.3 Å². The average molecular weight is 338 g/mol. The van der Waals surface area contributed by atoms with E-state index in [1.165, 1.54) is 0 Å². The molecule has 1 aromatic carbocycles. The van der Waals surface area contributed by atoms with E-state index in [1.54, 1.807) is 18.5 Å². The number of benzene rings is 1. The van der Waals surface area contributed by atoms with Gasteiger partial charge in [0.25, 0.3) is 0 Å². The molecule has 4 nitrogen and oxygen atoms in total. The maximum atomic E-state index is 9.23. The molecule has 1 heterocycles. The van der Waals surface area contributed by atoms with Crippen molar-refractivity contribution in [1.29, 1.82) is 0 Å². The summed E-state index contributed by atoms with van der Waals surface area (Å²) in [7, 11) is 0. The van der Waals surface area contributed by atoms with Gasteiger partial charge in [0.05, 0.1) is 17.7 Å². The Morgan fingerprint density at radius 1 is 1.15 bits per heavy atom. The first kappa shape index (κ1) is 14.8. The molecule has 0 unspecified atom stereocenters. The van der Waals surface area contributed by atoms with E-state index in [1.807, 2.05) is 25.1 Å². The van der Waals surface area contributed by atoms with Gasteiger partial charge in [-0.1, -0.05) is 0 Å². The zero-order valence-electron chi connectivity index (χ0n) is 11.2. The summed E-state index contributed by atoms with van der Waals surface area (Å²) in [4.78, 5) is 3.97. The predicted molar refractivity (Wildman–Crippen MR) is 79.8 cm³/mol. The monoisotopic (exact) mass is 337 g/mol. The summed E-state index contributed by atoms with van der Waals surface area (Å²) in [6.45, 7) is 2.84. The molecule has 0 saturated carbocycles. The second-order valence-electron chi connectivity index (χ2n) is 4.14. The van der Waals surface area contributed by atoms with Gasteiger partial charge in [-0.25, -0.2) is 0 Å². The number of pyridine rings is 1. The molecule has 0 aliphatic heterocycles. The second-order valence-corrected chi connectivity index (χ2v) is 4.99. The number of hydrogen-bond donors (Lipinski definition) is 1. The first-order valence-electron chi connectivity index (χ1n) is 6.32.